The maximum absolute atomic E-state index is 6.40. The van der Waals surface area contributed by atoms with Crippen LogP contribution in [-0.2, 0) is 6.42 Å². The van der Waals surface area contributed by atoms with Crippen LogP contribution < -0.4 is 10.5 Å². The van der Waals surface area contributed by atoms with Crippen molar-refractivity contribution in [3.63, 3.8) is 0 Å². The molecule has 0 amide bonds. The van der Waals surface area contributed by atoms with E-state index in [-0.39, 0.29) is 6.04 Å². The first-order valence-corrected chi connectivity index (χ1v) is 8.75. The van der Waals surface area contributed by atoms with Gasteiger partial charge in [-0.2, -0.15) is 23.5 Å². The van der Waals surface area contributed by atoms with E-state index in [2.05, 4.69) is 49.5 Å². The van der Waals surface area contributed by atoms with Crippen LogP contribution in [0.15, 0.2) is 24.3 Å². The highest BCUT2D eigenvalue weighted by Gasteiger charge is 2.29. The zero-order valence-electron chi connectivity index (χ0n) is 11.8. The molecule has 19 heavy (non-hydrogen) atoms. The lowest BCUT2D eigenvalue weighted by atomic mass is 10.0. The molecule has 1 aliphatic heterocycles. The smallest absolute Gasteiger partial charge is 0.119 e. The van der Waals surface area contributed by atoms with Crippen molar-refractivity contribution in [3.05, 3.63) is 29.8 Å². The number of hydrogen-bond donors (Lipinski definition) is 1. The van der Waals surface area contributed by atoms with Gasteiger partial charge in [0.1, 0.15) is 5.75 Å². The second-order valence-corrected chi connectivity index (χ2v) is 8.17. The summed E-state index contributed by atoms with van der Waals surface area (Å²) in [5.74, 6) is 2.08. The van der Waals surface area contributed by atoms with Crippen molar-refractivity contribution in [2.45, 2.75) is 42.1 Å². The monoisotopic (exact) mass is 297 g/mol. The van der Waals surface area contributed by atoms with E-state index in [1.807, 2.05) is 12.1 Å². The fourth-order valence-electron chi connectivity index (χ4n) is 2.24. The Morgan fingerprint density at radius 1 is 1.37 bits per heavy atom. The van der Waals surface area contributed by atoms with Crippen LogP contribution in [0.1, 0.15) is 19.4 Å². The fourth-order valence-corrected chi connectivity index (χ4v) is 5.30. The molecule has 1 aliphatic rings. The Labute approximate surface area is 124 Å². The van der Waals surface area contributed by atoms with Crippen LogP contribution >= 0.6 is 23.5 Å². The normalized spacial score (nSPS) is 28.9. The van der Waals surface area contributed by atoms with E-state index >= 15 is 0 Å². The van der Waals surface area contributed by atoms with Crippen molar-refractivity contribution in [1.82, 2.24) is 0 Å². The highest BCUT2D eigenvalue weighted by Crippen LogP contribution is 2.37. The summed E-state index contributed by atoms with van der Waals surface area (Å²) in [5.41, 5.74) is 7.67. The first kappa shape index (κ1) is 15.1. The van der Waals surface area contributed by atoms with Crippen LogP contribution in [-0.4, -0.2) is 34.7 Å². The maximum atomic E-state index is 6.40. The minimum absolute atomic E-state index is 0.222. The molecule has 4 atom stereocenters. The van der Waals surface area contributed by atoms with Gasteiger partial charge in [0.25, 0.3) is 0 Å². The standard InChI is InChI=1S/C15H23NOS2/c1-10-11(2)19-15(9-18-10)14(16)8-12-5-4-6-13(7-12)17-3/h4-7,10-11,14-15H,8-9,16H2,1-3H3. The van der Waals surface area contributed by atoms with E-state index in [9.17, 15) is 0 Å². The van der Waals surface area contributed by atoms with Gasteiger partial charge in [0.05, 0.1) is 7.11 Å². The fraction of sp³-hybridized carbons (Fsp3) is 0.600. The van der Waals surface area contributed by atoms with Crippen molar-refractivity contribution >= 4 is 23.5 Å². The Bertz CT molecular complexity index is 413. The molecule has 0 bridgehead atoms. The molecule has 106 valence electrons. The number of thioether (sulfide) groups is 2. The summed E-state index contributed by atoms with van der Waals surface area (Å²) < 4.78 is 5.26. The van der Waals surface area contributed by atoms with Gasteiger partial charge >= 0.3 is 0 Å². The number of nitrogens with two attached hydrogens (primary N) is 1. The lowest BCUT2D eigenvalue weighted by Gasteiger charge is -2.34. The molecule has 2 rings (SSSR count). The second kappa shape index (κ2) is 6.91. The molecule has 4 heteroatoms. The van der Waals surface area contributed by atoms with Gasteiger partial charge in [-0.15, -0.1) is 0 Å². The quantitative estimate of drug-likeness (QED) is 0.926. The maximum Gasteiger partial charge on any atom is 0.119 e. The summed E-state index contributed by atoms with van der Waals surface area (Å²) >= 11 is 4.11. The van der Waals surface area contributed by atoms with Crippen LogP contribution in [0, 0.1) is 0 Å². The Morgan fingerprint density at radius 3 is 2.84 bits per heavy atom. The third-order valence-electron chi connectivity index (χ3n) is 3.66. The Morgan fingerprint density at radius 2 is 2.16 bits per heavy atom. The Kier molecular flexibility index (Phi) is 5.48. The average molecular weight is 297 g/mol. The molecule has 1 heterocycles. The molecule has 1 aromatic rings. The van der Waals surface area contributed by atoms with E-state index in [1.54, 1.807) is 7.11 Å². The topological polar surface area (TPSA) is 35.2 Å². The van der Waals surface area contributed by atoms with E-state index < -0.39 is 0 Å². The van der Waals surface area contributed by atoms with Gasteiger partial charge in [-0.1, -0.05) is 26.0 Å². The number of ether oxygens (including phenoxy) is 1. The third-order valence-corrected chi connectivity index (χ3v) is 7.23. The summed E-state index contributed by atoms with van der Waals surface area (Å²) in [4.78, 5) is 0. The van der Waals surface area contributed by atoms with Crippen LogP contribution in [0.4, 0.5) is 0 Å². The largest absolute Gasteiger partial charge is 0.497 e. The number of methoxy groups -OCH3 is 1. The molecule has 0 saturated carbocycles. The molecule has 1 fully saturated rings. The van der Waals surface area contributed by atoms with E-state index in [1.165, 1.54) is 11.3 Å². The average Bonchev–Trinajstić information content (AvgIpc) is 2.42. The highest BCUT2D eigenvalue weighted by atomic mass is 32.2. The van der Waals surface area contributed by atoms with E-state index in [0.717, 1.165) is 17.4 Å². The first-order valence-electron chi connectivity index (χ1n) is 6.75. The molecular formula is C15H23NOS2. The molecule has 1 saturated heterocycles. The summed E-state index contributed by atoms with van der Waals surface area (Å²) in [6.07, 6.45) is 0.927. The lowest BCUT2D eigenvalue weighted by molar-refractivity contribution is 0.414. The van der Waals surface area contributed by atoms with Gasteiger partial charge in [0, 0.05) is 27.5 Å². The van der Waals surface area contributed by atoms with Crippen LogP contribution in [0.2, 0.25) is 0 Å². The second-order valence-electron chi connectivity index (χ2n) is 5.14. The zero-order valence-corrected chi connectivity index (χ0v) is 13.5. The first-order chi connectivity index (χ1) is 9.10. The van der Waals surface area contributed by atoms with Crippen LogP contribution in [0.5, 0.6) is 5.75 Å². The van der Waals surface area contributed by atoms with Gasteiger partial charge in [0.15, 0.2) is 0 Å². The molecular weight excluding hydrogens is 274 g/mol. The minimum Gasteiger partial charge on any atom is -0.497 e. The van der Waals surface area contributed by atoms with Crippen molar-refractivity contribution in [1.29, 1.82) is 0 Å². The van der Waals surface area contributed by atoms with E-state index in [4.69, 9.17) is 10.5 Å². The van der Waals surface area contributed by atoms with Gasteiger partial charge in [-0.25, -0.2) is 0 Å². The number of hydrogen-bond acceptors (Lipinski definition) is 4. The lowest BCUT2D eigenvalue weighted by Crippen LogP contribution is -2.41. The molecule has 0 aromatic heterocycles. The summed E-state index contributed by atoms with van der Waals surface area (Å²) in [5, 5.41) is 1.99. The van der Waals surface area contributed by atoms with Crippen molar-refractivity contribution < 1.29 is 4.74 Å². The minimum atomic E-state index is 0.222. The van der Waals surface area contributed by atoms with Gasteiger partial charge < -0.3 is 10.5 Å². The molecule has 0 spiro atoms. The molecule has 2 nitrogen and oxygen atoms in total. The van der Waals surface area contributed by atoms with Gasteiger partial charge in [-0.3, -0.25) is 0 Å². The van der Waals surface area contributed by atoms with Crippen molar-refractivity contribution in [2.75, 3.05) is 12.9 Å². The molecule has 1 aromatic carbocycles. The summed E-state index contributed by atoms with van der Waals surface area (Å²) in [6.45, 7) is 4.62. The Balaban J connectivity index is 1.94. The molecule has 4 unspecified atom stereocenters. The van der Waals surface area contributed by atoms with Crippen molar-refractivity contribution in [2.24, 2.45) is 5.73 Å². The molecule has 0 aliphatic carbocycles. The Hall–Kier alpha value is -0.320. The van der Waals surface area contributed by atoms with Gasteiger partial charge in [-0.05, 0) is 24.1 Å². The number of rotatable bonds is 4. The summed E-state index contributed by atoms with van der Waals surface area (Å²) in [6, 6.07) is 8.46. The molecule has 0 radical (unpaired) electrons. The van der Waals surface area contributed by atoms with Crippen LogP contribution in [0.3, 0.4) is 0 Å². The van der Waals surface area contributed by atoms with Gasteiger partial charge in [0.2, 0.25) is 0 Å². The predicted octanol–water partition coefficient (Wildman–Crippen LogP) is 3.19. The van der Waals surface area contributed by atoms with E-state index in [0.29, 0.717) is 10.5 Å². The zero-order chi connectivity index (χ0) is 13.8. The van der Waals surface area contributed by atoms with Crippen molar-refractivity contribution in [3.8, 4) is 5.75 Å². The van der Waals surface area contributed by atoms with Crippen LogP contribution in [0.25, 0.3) is 0 Å². The summed E-state index contributed by atoms with van der Waals surface area (Å²) in [7, 11) is 1.70. The highest BCUT2D eigenvalue weighted by molar-refractivity contribution is 8.07. The third kappa shape index (κ3) is 4.07. The predicted molar refractivity (Wildman–Crippen MR) is 87.4 cm³/mol. The SMILES string of the molecule is COc1cccc(CC(N)C2CSC(C)C(C)S2)c1. The number of benzene rings is 1. The molecule has 2 N–H and O–H groups in total.